The topological polar surface area (TPSA) is 63.6 Å². The molecule has 0 spiro atoms. The molecule has 0 saturated heterocycles. The molecule has 1 aromatic rings. The molecular formula is C14H16O4. The van der Waals surface area contributed by atoms with Crippen molar-refractivity contribution in [1.29, 1.82) is 0 Å². The zero-order chi connectivity index (χ0) is 13.0. The lowest BCUT2D eigenvalue weighted by molar-refractivity contribution is -0.157. The lowest BCUT2D eigenvalue weighted by Gasteiger charge is -2.14. The van der Waals surface area contributed by atoms with Crippen molar-refractivity contribution in [3.8, 4) is 0 Å². The highest BCUT2D eigenvalue weighted by Gasteiger charge is 2.38. The number of rotatable bonds is 4. The number of carbonyl (C=O) groups excluding carboxylic acids is 1. The van der Waals surface area contributed by atoms with Crippen LogP contribution in [-0.4, -0.2) is 17.0 Å². The molecule has 0 unspecified atom stereocenters. The highest BCUT2D eigenvalue weighted by atomic mass is 16.5. The Morgan fingerprint density at radius 3 is 2.50 bits per heavy atom. The maximum atomic E-state index is 11.8. The third-order valence-corrected chi connectivity index (χ3v) is 3.36. The summed E-state index contributed by atoms with van der Waals surface area (Å²) in [6.45, 7) is 0.211. The van der Waals surface area contributed by atoms with Gasteiger partial charge in [-0.25, -0.2) is 0 Å². The largest absolute Gasteiger partial charge is 0.481 e. The summed E-state index contributed by atoms with van der Waals surface area (Å²) >= 11 is 0. The number of hydrogen-bond donors (Lipinski definition) is 1. The molecule has 4 heteroatoms. The van der Waals surface area contributed by atoms with Crippen molar-refractivity contribution in [2.24, 2.45) is 11.8 Å². The minimum absolute atomic E-state index is 0.211. The number of benzene rings is 1. The molecule has 2 atom stereocenters. The zero-order valence-electron chi connectivity index (χ0n) is 10.0. The Labute approximate surface area is 106 Å². The monoisotopic (exact) mass is 248 g/mol. The summed E-state index contributed by atoms with van der Waals surface area (Å²) in [7, 11) is 0. The van der Waals surface area contributed by atoms with E-state index in [-0.39, 0.29) is 12.6 Å². The minimum atomic E-state index is -0.894. The van der Waals surface area contributed by atoms with Crippen molar-refractivity contribution in [2.45, 2.75) is 25.9 Å². The number of carboxylic acid groups (broad SMARTS) is 1. The molecule has 1 aliphatic rings. The van der Waals surface area contributed by atoms with E-state index in [0.717, 1.165) is 12.0 Å². The van der Waals surface area contributed by atoms with Crippen LogP contribution in [0.5, 0.6) is 0 Å². The first-order valence-corrected chi connectivity index (χ1v) is 6.12. The lowest BCUT2D eigenvalue weighted by atomic mass is 9.96. The van der Waals surface area contributed by atoms with Gasteiger partial charge in [0.05, 0.1) is 11.8 Å². The van der Waals surface area contributed by atoms with Gasteiger partial charge in [0.1, 0.15) is 6.61 Å². The van der Waals surface area contributed by atoms with Crippen LogP contribution in [0.4, 0.5) is 0 Å². The van der Waals surface area contributed by atoms with Crippen molar-refractivity contribution < 1.29 is 19.4 Å². The van der Waals surface area contributed by atoms with Crippen LogP contribution in [0.15, 0.2) is 30.3 Å². The Kier molecular flexibility index (Phi) is 3.97. The normalized spacial score (nSPS) is 22.7. The first-order valence-electron chi connectivity index (χ1n) is 6.12. The van der Waals surface area contributed by atoms with E-state index in [2.05, 4.69) is 0 Å². The van der Waals surface area contributed by atoms with Crippen molar-refractivity contribution in [1.82, 2.24) is 0 Å². The van der Waals surface area contributed by atoms with Gasteiger partial charge in [0.25, 0.3) is 0 Å². The van der Waals surface area contributed by atoms with E-state index in [0.29, 0.717) is 12.8 Å². The van der Waals surface area contributed by atoms with Crippen LogP contribution in [-0.2, 0) is 20.9 Å². The van der Waals surface area contributed by atoms with Gasteiger partial charge < -0.3 is 9.84 Å². The maximum absolute atomic E-state index is 11.8. The van der Waals surface area contributed by atoms with Crippen LogP contribution in [0.25, 0.3) is 0 Å². The van der Waals surface area contributed by atoms with E-state index in [1.54, 1.807) is 0 Å². The summed E-state index contributed by atoms with van der Waals surface area (Å²) in [6.07, 6.45) is 1.97. The predicted molar refractivity (Wildman–Crippen MR) is 64.7 cm³/mol. The molecule has 0 heterocycles. The molecule has 0 bridgehead atoms. The Hall–Kier alpha value is -1.84. The molecule has 0 radical (unpaired) electrons. The smallest absolute Gasteiger partial charge is 0.310 e. The molecule has 1 N–H and O–H groups in total. The van der Waals surface area contributed by atoms with E-state index >= 15 is 0 Å². The number of esters is 1. The van der Waals surface area contributed by atoms with E-state index in [4.69, 9.17) is 9.84 Å². The Morgan fingerprint density at radius 2 is 1.83 bits per heavy atom. The van der Waals surface area contributed by atoms with E-state index in [9.17, 15) is 9.59 Å². The quantitative estimate of drug-likeness (QED) is 0.830. The second-order valence-corrected chi connectivity index (χ2v) is 4.58. The summed E-state index contributed by atoms with van der Waals surface area (Å²) in [5, 5.41) is 9.01. The number of ether oxygens (including phenoxy) is 1. The van der Waals surface area contributed by atoms with Crippen LogP contribution in [0.1, 0.15) is 24.8 Å². The van der Waals surface area contributed by atoms with Gasteiger partial charge in [-0.3, -0.25) is 9.59 Å². The lowest BCUT2D eigenvalue weighted by Crippen LogP contribution is -2.26. The fourth-order valence-electron chi connectivity index (χ4n) is 2.37. The highest BCUT2D eigenvalue weighted by Crippen LogP contribution is 2.33. The molecule has 1 fully saturated rings. The Morgan fingerprint density at radius 1 is 1.17 bits per heavy atom. The zero-order valence-corrected chi connectivity index (χ0v) is 10.0. The van der Waals surface area contributed by atoms with Crippen molar-refractivity contribution in [2.75, 3.05) is 0 Å². The average molecular weight is 248 g/mol. The van der Waals surface area contributed by atoms with Gasteiger partial charge in [-0.2, -0.15) is 0 Å². The summed E-state index contributed by atoms with van der Waals surface area (Å²) in [5.74, 6) is -2.34. The number of carbonyl (C=O) groups is 2. The van der Waals surface area contributed by atoms with E-state index in [1.165, 1.54) is 0 Å². The second-order valence-electron chi connectivity index (χ2n) is 4.58. The number of carboxylic acids is 1. The molecular weight excluding hydrogens is 232 g/mol. The molecule has 4 nitrogen and oxygen atoms in total. The first-order chi connectivity index (χ1) is 8.68. The van der Waals surface area contributed by atoms with Gasteiger partial charge in [0.15, 0.2) is 0 Å². The van der Waals surface area contributed by atoms with E-state index < -0.39 is 17.8 Å². The average Bonchev–Trinajstić information content (AvgIpc) is 2.86. The molecule has 0 amide bonds. The third kappa shape index (κ3) is 2.88. The van der Waals surface area contributed by atoms with Crippen LogP contribution < -0.4 is 0 Å². The van der Waals surface area contributed by atoms with Crippen LogP contribution in [0.3, 0.4) is 0 Å². The fourth-order valence-corrected chi connectivity index (χ4v) is 2.37. The molecule has 96 valence electrons. The molecule has 0 aromatic heterocycles. The van der Waals surface area contributed by atoms with Crippen molar-refractivity contribution in [3.63, 3.8) is 0 Å². The molecule has 1 saturated carbocycles. The van der Waals surface area contributed by atoms with Gasteiger partial charge in [0, 0.05) is 0 Å². The van der Waals surface area contributed by atoms with Gasteiger partial charge in [-0.15, -0.1) is 0 Å². The predicted octanol–water partition coefficient (Wildman–Crippen LogP) is 2.23. The summed E-state index contributed by atoms with van der Waals surface area (Å²) in [4.78, 5) is 22.8. The van der Waals surface area contributed by atoms with Crippen molar-refractivity contribution >= 4 is 11.9 Å². The highest BCUT2D eigenvalue weighted by molar-refractivity contribution is 5.81. The van der Waals surface area contributed by atoms with Crippen LogP contribution in [0.2, 0.25) is 0 Å². The molecule has 2 rings (SSSR count). The standard InChI is InChI=1S/C14H16O4/c15-13(16)11-7-4-8-12(11)14(17)18-9-10-5-2-1-3-6-10/h1-3,5-6,11-12H,4,7-9H2,(H,15,16)/t11-,12-/m1/s1. The van der Waals surface area contributed by atoms with Crippen molar-refractivity contribution in [3.05, 3.63) is 35.9 Å². The number of hydrogen-bond acceptors (Lipinski definition) is 3. The maximum Gasteiger partial charge on any atom is 0.310 e. The van der Waals surface area contributed by atoms with Gasteiger partial charge in [-0.1, -0.05) is 36.8 Å². The minimum Gasteiger partial charge on any atom is -0.481 e. The second kappa shape index (κ2) is 5.67. The van der Waals surface area contributed by atoms with E-state index in [1.807, 2.05) is 30.3 Å². The fraction of sp³-hybridized carbons (Fsp3) is 0.429. The third-order valence-electron chi connectivity index (χ3n) is 3.36. The molecule has 1 aliphatic carbocycles. The Bertz CT molecular complexity index is 427. The molecule has 0 aliphatic heterocycles. The van der Waals surface area contributed by atoms with Gasteiger partial charge in [-0.05, 0) is 18.4 Å². The first kappa shape index (κ1) is 12.6. The summed E-state index contributed by atoms with van der Waals surface area (Å²) < 4.78 is 5.19. The SMILES string of the molecule is O=C(O)[C@@H]1CCC[C@H]1C(=O)OCc1ccccc1. The molecule has 18 heavy (non-hydrogen) atoms. The van der Waals surface area contributed by atoms with Gasteiger partial charge in [0.2, 0.25) is 0 Å². The number of aliphatic carboxylic acids is 1. The summed E-state index contributed by atoms with van der Waals surface area (Å²) in [5.41, 5.74) is 0.913. The molecule has 1 aromatic carbocycles. The summed E-state index contributed by atoms with van der Waals surface area (Å²) in [6, 6.07) is 9.38. The van der Waals surface area contributed by atoms with Gasteiger partial charge >= 0.3 is 11.9 Å². The van der Waals surface area contributed by atoms with Crippen LogP contribution in [0, 0.1) is 11.8 Å². The van der Waals surface area contributed by atoms with Crippen LogP contribution >= 0.6 is 0 Å². The Balaban J connectivity index is 1.90.